The second-order valence-corrected chi connectivity index (χ2v) is 10.8. The summed E-state index contributed by atoms with van der Waals surface area (Å²) in [4.78, 5) is 0. The van der Waals surface area contributed by atoms with Gasteiger partial charge in [-0.15, -0.1) is 0 Å². The lowest BCUT2D eigenvalue weighted by Crippen LogP contribution is -2.16. The molecular formula is C30H46F2. The van der Waals surface area contributed by atoms with Gasteiger partial charge in [-0.2, -0.15) is 0 Å². The Hall–Kier alpha value is -1.18. The van der Waals surface area contributed by atoms with Crippen molar-refractivity contribution in [2.75, 3.05) is 0 Å². The number of halogens is 2. The van der Waals surface area contributed by atoms with E-state index in [1.807, 2.05) is 0 Å². The Kier molecular flexibility index (Phi) is 11.3. The van der Waals surface area contributed by atoms with Gasteiger partial charge in [0.2, 0.25) is 0 Å². The number of hydrogen-bond donors (Lipinski definition) is 0. The third kappa shape index (κ3) is 8.99. The van der Waals surface area contributed by atoms with Gasteiger partial charge in [-0.05, 0) is 74.0 Å². The first kappa shape index (κ1) is 25.4. The SMILES string of the molecule is CCCCCCCCC1CCC(CCC2CC=C(CCc3ccc(F)c(F)c3)CC2)CC1. The van der Waals surface area contributed by atoms with Crippen LogP contribution in [-0.4, -0.2) is 0 Å². The van der Waals surface area contributed by atoms with Crippen LogP contribution in [0.5, 0.6) is 0 Å². The molecule has 0 spiro atoms. The zero-order valence-electron chi connectivity index (χ0n) is 20.5. The lowest BCUT2D eigenvalue weighted by molar-refractivity contribution is 0.234. The Morgan fingerprint density at radius 2 is 1.41 bits per heavy atom. The summed E-state index contributed by atoms with van der Waals surface area (Å²) in [5.41, 5.74) is 2.42. The molecule has 180 valence electrons. The molecule has 1 fully saturated rings. The fraction of sp³-hybridized carbons (Fsp3) is 0.733. The number of hydrogen-bond acceptors (Lipinski definition) is 0. The van der Waals surface area contributed by atoms with E-state index in [0.29, 0.717) is 0 Å². The number of unbranched alkanes of at least 4 members (excludes halogenated alkanes) is 5. The Balaban J connectivity index is 1.24. The summed E-state index contributed by atoms with van der Waals surface area (Å²) in [6.07, 6.45) is 26.8. The molecule has 0 aliphatic heterocycles. The summed E-state index contributed by atoms with van der Waals surface area (Å²) in [6.45, 7) is 2.29. The highest BCUT2D eigenvalue weighted by Crippen LogP contribution is 2.37. The van der Waals surface area contributed by atoms with Gasteiger partial charge in [0.05, 0.1) is 0 Å². The molecule has 0 bridgehead atoms. The highest BCUT2D eigenvalue weighted by molar-refractivity contribution is 5.19. The van der Waals surface area contributed by atoms with Crippen LogP contribution in [0.25, 0.3) is 0 Å². The molecule has 0 aromatic heterocycles. The Labute approximate surface area is 196 Å². The monoisotopic (exact) mass is 444 g/mol. The van der Waals surface area contributed by atoms with Crippen molar-refractivity contribution in [3.05, 3.63) is 47.0 Å². The van der Waals surface area contributed by atoms with E-state index in [4.69, 9.17) is 0 Å². The molecule has 0 nitrogen and oxygen atoms in total. The molecular weight excluding hydrogens is 398 g/mol. The van der Waals surface area contributed by atoms with Crippen molar-refractivity contribution in [2.45, 2.75) is 122 Å². The highest BCUT2D eigenvalue weighted by atomic mass is 19.2. The first-order valence-corrected chi connectivity index (χ1v) is 13.8. The van der Waals surface area contributed by atoms with Crippen molar-refractivity contribution in [2.24, 2.45) is 17.8 Å². The maximum Gasteiger partial charge on any atom is 0.159 e. The van der Waals surface area contributed by atoms with Gasteiger partial charge in [-0.25, -0.2) is 8.78 Å². The fourth-order valence-corrected chi connectivity index (χ4v) is 5.93. The van der Waals surface area contributed by atoms with Gasteiger partial charge < -0.3 is 0 Å². The minimum absolute atomic E-state index is 0.725. The van der Waals surface area contributed by atoms with Gasteiger partial charge >= 0.3 is 0 Å². The smallest absolute Gasteiger partial charge is 0.159 e. The van der Waals surface area contributed by atoms with Crippen LogP contribution in [0.1, 0.15) is 122 Å². The van der Waals surface area contributed by atoms with Crippen molar-refractivity contribution < 1.29 is 8.78 Å². The van der Waals surface area contributed by atoms with Crippen LogP contribution in [0, 0.1) is 29.4 Å². The van der Waals surface area contributed by atoms with Gasteiger partial charge in [0.25, 0.3) is 0 Å². The molecule has 3 rings (SSSR count). The van der Waals surface area contributed by atoms with Crippen molar-refractivity contribution >= 4 is 0 Å². The largest absolute Gasteiger partial charge is 0.204 e. The first-order valence-electron chi connectivity index (χ1n) is 13.8. The van der Waals surface area contributed by atoms with Crippen LogP contribution in [-0.2, 0) is 6.42 Å². The summed E-state index contributed by atoms with van der Waals surface area (Å²) >= 11 is 0. The molecule has 1 aromatic carbocycles. The normalized spacial score (nSPS) is 23.8. The van der Waals surface area contributed by atoms with E-state index >= 15 is 0 Å². The maximum absolute atomic E-state index is 13.4. The van der Waals surface area contributed by atoms with Crippen molar-refractivity contribution in [1.82, 2.24) is 0 Å². The quantitative estimate of drug-likeness (QED) is 0.210. The van der Waals surface area contributed by atoms with Crippen LogP contribution in [0.15, 0.2) is 29.8 Å². The topological polar surface area (TPSA) is 0 Å². The van der Waals surface area contributed by atoms with E-state index in [-0.39, 0.29) is 0 Å². The van der Waals surface area contributed by atoms with E-state index in [2.05, 4.69) is 13.0 Å². The number of allylic oxidation sites excluding steroid dienone is 2. The molecule has 2 aliphatic rings. The minimum atomic E-state index is -0.750. The third-order valence-electron chi connectivity index (χ3n) is 8.25. The third-order valence-corrected chi connectivity index (χ3v) is 8.25. The molecule has 0 heterocycles. The van der Waals surface area contributed by atoms with E-state index in [1.165, 1.54) is 120 Å². The second kappa shape index (κ2) is 14.2. The number of benzene rings is 1. The zero-order chi connectivity index (χ0) is 22.6. The number of rotatable bonds is 13. The van der Waals surface area contributed by atoms with Gasteiger partial charge in [-0.3, -0.25) is 0 Å². The predicted octanol–water partition coefficient (Wildman–Crippen LogP) is 9.96. The average molecular weight is 445 g/mol. The summed E-state index contributed by atoms with van der Waals surface area (Å²) < 4.78 is 26.4. The second-order valence-electron chi connectivity index (χ2n) is 10.8. The van der Waals surface area contributed by atoms with Crippen LogP contribution in [0.4, 0.5) is 8.78 Å². The van der Waals surface area contributed by atoms with Crippen LogP contribution >= 0.6 is 0 Å². The molecule has 0 N–H and O–H groups in total. The molecule has 0 amide bonds. The standard InChI is InChI=1S/C30H46F2/c1-2-3-4-5-6-7-8-24-9-11-25(12-10-24)13-14-26-15-17-27(18-16-26)19-20-28-21-22-29(31)30(32)23-28/h17,21-26H,2-16,18-20H2,1H3. The van der Waals surface area contributed by atoms with Crippen molar-refractivity contribution in [3.8, 4) is 0 Å². The van der Waals surface area contributed by atoms with Gasteiger partial charge in [-0.1, -0.05) is 102 Å². The number of aryl methyl sites for hydroxylation is 1. The summed E-state index contributed by atoms with van der Waals surface area (Å²) in [5.74, 6) is 1.39. The van der Waals surface area contributed by atoms with Crippen LogP contribution in [0.2, 0.25) is 0 Å². The molecule has 32 heavy (non-hydrogen) atoms. The van der Waals surface area contributed by atoms with Crippen LogP contribution < -0.4 is 0 Å². The Morgan fingerprint density at radius 1 is 0.719 bits per heavy atom. The molecule has 0 radical (unpaired) electrons. The van der Waals surface area contributed by atoms with E-state index in [0.717, 1.165) is 36.2 Å². The maximum atomic E-state index is 13.4. The average Bonchev–Trinajstić information content (AvgIpc) is 2.82. The van der Waals surface area contributed by atoms with E-state index in [1.54, 1.807) is 6.07 Å². The lowest BCUT2D eigenvalue weighted by Gasteiger charge is -2.30. The molecule has 1 aromatic rings. The molecule has 1 atom stereocenters. The zero-order valence-corrected chi connectivity index (χ0v) is 20.5. The molecule has 0 saturated heterocycles. The summed E-state index contributed by atoms with van der Waals surface area (Å²) in [7, 11) is 0. The summed E-state index contributed by atoms with van der Waals surface area (Å²) in [5, 5.41) is 0. The van der Waals surface area contributed by atoms with E-state index < -0.39 is 11.6 Å². The molecule has 1 unspecified atom stereocenters. The van der Waals surface area contributed by atoms with Crippen molar-refractivity contribution in [3.63, 3.8) is 0 Å². The summed E-state index contributed by atoms with van der Waals surface area (Å²) in [6, 6.07) is 4.31. The Morgan fingerprint density at radius 3 is 2.09 bits per heavy atom. The van der Waals surface area contributed by atoms with Gasteiger partial charge in [0.1, 0.15) is 0 Å². The molecule has 2 aliphatic carbocycles. The fourth-order valence-electron chi connectivity index (χ4n) is 5.93. The van der Waals surface area contributed by atoms with Crippen LogP contribution in [0.3, 0.4) is 0 Å². The first-order chi connectivity index (χ1) is 15.6. The molecule has 2 heteroatoms. The molecule has 1 saturated carbocycles. The van der Waals surface area contributed by atoms with Crippen molar-refractivity contribution in [1.29, 1.82) is 0 Å². The lowest BCUT2D eigenvalue weighted by atomic mass is 9.76. The Bertz CT molecular complexity index is 684. The van der Waals surface area contributed by atoms with E-state index in [9.17, 15) is 8.78 Å². The predicted molar refractivity (Wildman–Crippen MR) is 133 cm³/mol. The minimum Gasteiger partial charge on any atom is -0.204 e. The van der Waals surface area contributed by atoms with Gasteiger partial charge in [0.15, 0.2) is 11.6 Å². The van der Waals surface area contributed by atoms with Gasteiger partial charge in [0, 0.05) is 0 Å². The highest BCUT2D eigenvalue weighted by Gasteiger charge is 2.22.